The van der Waals surface area contributed by atoms with E-state index < -0.39 is 5.97 Å². The van der Waals surface area contributed by atoms with Crippen molar-refractivity contribution in [3.05, 3.63) is 58.6 Å². The number of carbonyl (C=O) groups excluding carboxylic acids is 1. The summed E-state index contributed by atoms with van der Waals surface area (Å²) in [6, 6.07) is 11.5. The lowest BCUT2D eigenvalue weighted by atomic mass is 10.1. The Morgan fingerprint density at radius 1 is 1.15 bits per heavy atom. The van der Waals surface area contributed by atoms with E-state index in [9.17, 15) is 9.59 Å². The first-order valence-electron chi connectivity index (χ1n) is 8.50. The monoisotopic (exact) mass is 385 g/mol. The first-order valence-corrected chi connectivity index (χ1v) is 9.45. The van der Waals surface area contributed by atoms with Crippen molar-refractivity contribution >= 4 is 23.2 Å². The average molecular weight is 385 g/mol. The molecule has 3 rings (SSSR count). The van der Waals surface area contributed by atoms with Gasteiger partial charge < -0.3 is 14.5 Å². The summed E-state index contributed by atoms with van der Waals surface area (Å²) in [7, 11) is 0. The summed E-state index contributed by atoms with van der Waals surface area (Å²) < 4.78 is 5.19. The van der Waals surface area contributed by atoms with Crippen molar-refractivity contribution < 1.29 is 19.2 Å². The van der Waals surface area contributed by atoms with Gasteiger partial charge in [0.1, 0.15) is 6.54 Å². The molecule has 0 bridgehead atoms. The van der Waals surface area contributed by atoms with Gasteiger partial charge in [0, 0.05) is 30.3 Å². The van der Waals surface area contributed by atoms with Gasteiger partial charge in [-0.1, -0.05) is 35.5 Å². The van der Waals surface area contributed by atoms with Crippen molar-refractivity contribution in [2.75, 3.05) is 13.1 Å². The van der Waals surface area contributed by atoms with Crippen LogP contribution in [0.25, 0.3) is 11.4 Å². The molecule has 0 aliphatic heterocycles. The molecule has 0 unspecified atom stereocenters. The van der Waals surface area contributed by atoms with Crippen LogP contribution in [-0.4, -0.2) is 45.1 Å². The molecule has 3 aromatic rings. The van der Waals surface area contributed by atoms with Crippen LogP contribution in [0.4, 0.5) is 0 Å². The van der Waals surface area contributed by atoms with Crippen molar-refractivity contribution in [1.29, 1.82) is 0 Å². The lowest BCUT2D eigenvalue weighted by Gasteiger charge is -2.20. The van der Waals surface area contributed by atoms with Crippen LogP contribution in [0.1, 0.15) is 17.9 Å². The summed E-state index contributed by atoms with van der Waals surface area (Å²) in [5.41, 5.74) is 1.93. The summed E-state index contributed by atoms with van der Waals surface area (Å²) >= 11 is 1.54. The van der Waals surface area contributed by atoms with E-state index in [1.165, 1.54) is 16.2 Å². The summed E-state index contributed by atoms with van der Waals surface area (Å²) in [6.45, 7) is 0.0226. The molecule has 0 atom stereocenters. The number of hydrogen-bond donors (Lipinski definition) is 1. The molecule has 0 saturated heterocycles. The zero-order valence-corrected chi connectivity index (χ0v) is 15.4. The first-order chi connectivity index (χ1) is 13.1. The van der Waals surface area contributed by atoms with E-state index in [1.54, 1.807) is 0 Å². The molecule has 8 heteroatoms. The van der Waals surface area contributed by atoms with E-state index in [4.69, 9.17) is 9.63 Å². The third-order valence-corrected chi connectivity index (χ3v) is 4.68. The van der Waals surface area contributed by atoms with E-state index in [1.807, 2.05) is 47.2 Å². The topological polar surface area (TPSA) is 96.5 Å². The van der Waals surface area contributed by atoms with Gasteiger partial charge in [0.2, 0.25) is 17.6 Å². The Labute approximate surface area is 160 Å². The normalized spacial score (nSPS) is 10.7. The number of hydrogen-bond acceptors (Lipinski definition) is 6. The minimum atomic E-state index is -1.03. The van der Waals surface area contributed by atoms with Crippen LogP contribution in [0.3, 0.4) is 0 Å². The second-order valence-electron chi connectivity index (χ2n) is 5.97. The fraction of sp³-hybridized carbons (Fsp3) is 0.263. The van der Waals surface area contributed by atoms with Crippen LogP contribution in [0.15, 0.2) is 51.7 Å². The molecule has 0 radical (unpaired) electrons. The molecule has 2 aromatic heterocycles. The second-order valence-corrected chi connectivity index (χ2v) is 6.75. The highest BCUT2D eigenvalue weighted by Crippen LogP contribution is 2.19. The number of carboxylic acid groups (broad SMARTS) is 1. The van der Waals surface area contributed by atoms with Gasteiger partial charge >= 0.3 is 5.97 Å². The molecule has 1 amide bonds. The predicted octanol–water partition coefficient (Wildman–Crippen LogP) is 2.89. The number of benzene rings is 1. The zero-order valence-electron chi connectivity index (χ0n) is 14.6. The lowest BCUT2D eigenvalue weighted by molar-refractivity contribution is -0.144. The van der Waals surface area contributed by atoms with Gasteiger partial charge in [0.25, 0.3) is 0 Å². The number of carbonyl (C=O) groups is 2. The van der Waals surface area contributed by atoms with Crippen molar-refractivity contribution in [1.82, 2.24) is 15.0 Å². The maximum Gasteiger partial charge on any atom is 0.323 e. The van der Waals surface area contributed by atoms with Gasteiger partial charge in [0.05, 0.1) is 0 Å². The molecule has 1 aromatic carbocycles. The molecule has 0 aliphatic rings. The Kier molecular flexibility index (Phi) is 6.32. The third-order valence-electron chi connectivity index (χ3n) is 3.99. The number of aliphatic carboxylic acids is 1. The fourth-order valence-corrected chi connectivity index (χ4v) is 3.24. The number of thiophene rings is 1. The molecule has 140 valence electrons. The molecule has 0 fully saturated rings. The minimum Gasteiger partial charge on any atom is -0.480 e. The lowest BCUT2D eigenvalue weighted by Crippen LogP contribution is -2.37. The highest BCUT2D eigenvalue weighted by molar-refractivity contribution is 7.08. The number of aryl methyl sites for hydroxylation is 1. The first kappa shape index (κ1) is 18.8. The Morgan fingerprint density at radius 3 is 2.67 bits per heavy atom. The van der Waals surface area contributed by atoms with Crippen LogP contribution in [-0.2, 0) is 22.4 Å². The van der Waals surface area contributed by atoms with Crippen LogP contribution in [0.5, 0.6) is 0 Å². The summed E-state index contributed by atoms with van der Waals surface area (Å²) in [5, 5.41) is 16.8. The zero-order chi connectivity index (χ0) is 19.1. The van der Waals surface area contributed by atoms with Gasteiger partial charge in [0.15, 0.2) is 0 Å². The quantitative estimate of drug-likeness (QED) is 0.608. The molecule has 0 aliphatic carbocycles. The van der Waals surface area contributed by atoms with Crippen LogP contribution in [0.2, 0.25) is 0 Å². The molecule has 27 heavy (non-hydrogen) atoms. The number of rotatable bonds is 9. The molecular formula is C19H19N3O4S. The van der Waals surface area contributed by atoms with E-state index in [-0.39, 0.29) is 25.3 Å². The standard InChI is InChI=1S/C19H19N3O4S/c23-17(7-6-16-20-19(21-26-16)15-9-11-27-13-15)22(12-18(24)25)10-8-14-4-2-1-3-5-14/h1-5,9,11,13H,6-8,10,12H2,(H,24,25). The Hall–Kier alpha value is -3.00. The summed E-state index contributed by atoms with van der Waals surface area (Å²) in [5.74, 6) is -0.425. The number of nitrogens with zero attached hydrogens (tertiary/aromatic N) is 3. The van der Waals surface area contributed by atoms with Crippen molar-refractivity contribution in [2.45, 2.75) is 19.3 Å². The van der Waals surface area contributed by atoms with Crippen molar-refractivity contribution in [3.8, 4) is 11.4 Å². The van der Waals surface area contributed by atoms with E-state index >= 15 is 0 Å². The van der Waals surface area contributed by atoms with E-state index in [2.05, 4.69) is 10.1 Å². The molecule has 2 heterocycles. The maximum absolute atomic E-state index is 12.5. The fourth-order valence-electron chi connectivity index (χ4n) is 2.60. The van der Waals surface area contributed by atoms with Gasteiger partial charge in [-0.2, -0.15) is 16.3 Å². The van der Waals surface area contributed by atoms with Gasteiger partial charge in [-0.3, -0.25) is 9.59 Å². The SMILES string of the molecule is O=C(O)CN(CCc1ccccc1)C(=O)CCc1nc(-c2ccsc2)no1. The van der Waals surface area contributed by atoms with Crippen molar-refractivity contribution in [3.63, 3.8) is 0 Å². The Balaban J connectivity index is 1.56. The van der Waals surface area contributed by atoms with Gasteiger partial charge in [-0.25, -0.2) is 0 Å². The molecule has 1 N–H and O–H groups in total. The highest BCUT2D eigenvalue weighted by Gasteiger charge is 2.18. The number of aromatic nitrogens is 2. The largest absolute Gasteiger partial charge is 0.480 e. The molecular weight excluding hydrogens is 366 g/mol. The number of carboxylic acids is 1. The van der Waals surface area contributed by atoms with Crippen LogP contribution < -0.4 is 0 Å². The van der Waals surface area contributed by atoms with E-state index in [0.29, 0.717) is 24.7 Å². The average Bonchev–Trinajstić information content (AvgIpc) is 3.35. The minimum absolute atomic E-state index is 0.118. The predicted molar refractivity (Wildman–Crippen MR) is 100 cm³/mol. The third kappa shape index (κ3) is 5.49. The van der Waals surface area contributed by atoms with Crippen LogP contribution in [0, 0.1) is 0 Å². The second kappa shape index (κ2) is 9.09. The smallest absolute Gasteiger partial charge is 0.323 e. The van der Waals surface area contributed by atoms with Gasteiger partial charge in [-0.05, 0) is 23.4 Å². The highest BCUT2D eigenvalue weighted by atomic mass is 32.1. The number of amides is 1. The van der Waals surface area contributed by atoms with Gasteiger partial charge in [-0.15, -0.1) is 0 Å². The van der Waals surface area contributed by atoms with E-state index in [0.717, 1.165) is 11.1 Å². The summed E-state index contributed by atoms with van der Waals surface area (Å²) in [6.07, 6.45) is 0.994. The van der Waals surface area contributed by atoms with Crippen LogP contribution >= 0.6 is 11.3 Å². The summed E-state index contributed by atoms with van der Waals surface area (Å²) in [4.78, 5) is 29.2. The molecule has 0 spiro atoms. The molecule has 7 nitrogen and oxygen atoms in total. The molecule has 0 saturated carbocycles. The maximum atomic E-state index is 12.5. The Bertz CT molecular complexity index is 878. The Morgan fingerprint density at radius 2 is 1.96 bits per heavy atom. The van der Waals surface area contributed by atoms with Crippen molar-refractivity contribution in [2.24, 2.45) is 0 Å².